The highest BCUT2D eigenvalue weighted by Crippen LogP contribution is 2.29. The van der Waals surface area contributed by atoms with Crippen molar-refractivity contribution in [2.24, 2.45) is 0 Å². The molecular weight excluding hydrogens is 449 g/mol. The third-order valence-corrected chi connectivity index (χ3v) is 6.45. The lowest BCUT2D eigenvalue weighted by Crippen LogP contribution is -2.49. The predicted molar refractivity (Wildman–Crippen MR) is 129 cm³/mol. The number of para-hydroxylation sites is 2. The highest BCUT2D eigenvalue weighted by Gasteiger charge is 2.30. The van der Waals surface area contributed by atoms with Gasteiger partial charge in [-0.05, 0) is 36.8 Å². The van der Waals surface area contributed by atoms with Crippen molar-refractivity contribution in [2.75, 3.05) is 44.2 Å². The first kappa shape index (κ1) is 22.9. The van der Waals surface area contributed by atoms with E-state index >= 15 is 0 Å². The standard InChI is InChI=1S/C26H28FN5O3/c1-2-35-24-6-4-3-5-22(24)29-11-13-30(14-12-29)25(33)21-17-23-26(34)31(15-16-32(23)28-21)18-19-7-9-20(27)10-8-19/h3-10,17H,2,11-16,18H2,1H3. The zero-order valence-electron chi connectivity index (χ0n) is 19.7. The van der Waals surface area contributed by atoms with E-state index in [2.05, 4.69) is 10.00 Å². The van der Waals surface area contributed by atoms with Crippen molar-refractivity contribution in [1.82, 2.24) is 19.6 Å². The first-order valence-electron chi connectivity index (χ1n) is 11.9. The fourth-order valence-corrected chi connectivity index (χ4v) is 4.61. The van der Waals surface area contributed by atoms with E-state index in [-0.39, 0.29) is 17.6 Å². The van der Waals surface area contributed by atoms with E-state index in [9.17, 15) is 14.0 Å². The van der Waals surface area contributed by atoms with E-state index in [1.165, 1.54) is 12.1 Å². The summed E-state index contributed by atoms with van der Waals surface area (Å²) in [5.74, 6) is 0.201. The van der Waals surface area contributed by atoms with Crippen molar-refractivity contribution in [3.8, 4) is 5.75 Å². The molecule has 2 aromatic carbocycles. The molecular formula is C26H28FN5O3. The molecule has 2 aliphatic rings. The molecule has 182 valence electrons. The number of halogens is 1. The molecule has 0 aliphatic carbocycles. The molecule has 0 unspecified atom stereocenters. The Kier molecular flexibility index (Phi) is 6.39. The van der Waals surface area contributed by atoms with E-state index in [1.807, 2.05) is 31.2 Å². The molecule has 2 aliphatic heterocycles. The minimum absolute atomic E-state index is 0.164. The molecule has 2 amide bonds. The van der Waals surface area contributed by atoms with Gasteiger partial charge in [0.25, 0.3) is 11.8 Å². The number of benzene rings is 2. The van der Waals surface area contributed by atoms with Gasteiger partial charge in [-0.1, -0.05) is 24.3 Å². The van der Waals surface area contributed by atoms with E-state index < -0.39 is 0 Å². The van der Waals surface area contributed by atoms with Gasteiger partial charge in [0, 0.05) is 45.3 Å². The Morgan fingerprint density at radius 2 is 1.74 bits per heavy atom. The van der Waals surface area contributed by atoms with Gasteiger partial charge in [0.05, 0.1) is 18.8 Å². The maximum Gasteiger partial charge on any atom is 0.274 e. The van der Waals surface area contributed by atoms with Crippen LogP contribution in [-0.2, 0) is 13.1 Å². The van der Waals surface area contributed by atoms with Crippen molar-refractivity contribution in [1.29, 1.82) is 0 Å². The Morgan fingerprint density at radius 1 is 1.00 bits per heavy atom. The van der Waals surface area contributed by atoms with Crippen LogP contribution in [0, 0.1) is 5.82 Å². The fourth-order valence-electron chi connectivity index (χ4n) is 4.61. The molecule has 5 rings (SSSR count). The number of carbonyl (C=O) groups excluding carboxylic acids is 2. The number of aromatic nitrogens is 2. The van der Waals surface area contributed by atoms with Crippen LogP contribution in [0.2, 0.25) is 0 Å². The summed E-state index contributed by atoms with van der Waals surface area (Å²) in [6.07, 6.45) is 0. The monoisotopic (exact) mass is 477 g/mol. The SMILES string of the molecule is CCOc1ccccc1N1CCN(C(=O)c2cc3n(n2)CCN(Cc2ccc(F)cc2)C3=O)CC1. The second-order valence-electron chi connectivity index (χ2n) is 8.67. The third-order valence-electron chi connectivity index (χ3n) is 6.45. The second-order valence-corrected chi connectivity index (χ2v) is 8.67. The zero-order chi connectivity index (χ0) is 24.4. The molecule has 3 heterocycles. The summed E-state index contributed by atoms with van der Waals surface area (Å²) < 4.78 is 20.6. The molecule has 1 fully saturated rings. The van der Waals surface area contributed by atoms with Crippen LogP contribution >= 0.6 is 0 Å². The highest BCUT2D eigenvalue weighted by atomic mass is 19.1. The van der Waals surface area contributed by atoms with Gasteiger partial charge in [-0.2, -0.15) is 5.10 Å². The van der Waals surface area contributed by atoms with Crippen molar-refractivity contribution in [3.63, 3.8) is 0 Å². The maximum absolute atomic E-state index is 13.2. The van der Waals surface area contributed by atoms with Gasteiger partial charge in [-0.15, -0.1) is 0 Å². The second kappa shape index (κ2) is 9.77. The number of rotatable bonds is 6. The van der Waals surface area contributed by atoms with Gasteiger partial charge in [0.1, 0.15) is 17.3 Å². The average Bonchev–Trinajstić information content (AvgIpc) is 3.33. The Hall–Kier alpha value is -3.88. The third kappa shape index (κ3) is 4.71. The van der Waals surface area contributed by atoms with Gasteiger partial charge in [0.2, 0.25) is 0 Å². The summed E-state index contributed by atoms with van der Waals surface area (Å²) in [4.78, 5) is 31.9. The first-order chi connectivity index (χ1) is 17.0. The van der Waals surface area contributed by atoms with Crippen LogP contribution in [0.4, 0.5) is 10.1 Å². The van der Waals surface area contributed by atoms with Gasteiger partial charge >= 0.3 is 0 Å². The molecule has 0 spiro atoms. The number of nitrogens with zero attached hydrogens (tertiary/aromatic N) is 5. The van der Waals surface area contributed by atoms with Gasteiger partial charge < -0.3 is 19.4 Å². The number of hydrogen-bond acceptors (Lipinski definition) is 5. The molecule has 0 N–H and O–H groups in total. The molecule has 0 bridgehead atoms. The van der Waals surface area contributed by atoms with Crippen molar-refractivity contribution in [3.05, 3.63) is 77.4 Å². The van der Waals surface area contributed by atoms with Crippen molar-refractivity contribution >= 4 is 17.5 Å². The van der Waals surface area contributed by atoms with Crippen LogP contribution in [0.25, 0.3) is 0 Å². The largest absolute Gasteiger partial charge is 0.492 e. The summed E-state index contributed by atoms with van der Waals surface area (Å²) >= 11 is 0. The number of piperazine rings is 1. The number of anilines is 1. The van der Waals surface area contributed by atoms with Crippen LogP contribution in [0.1, 0.15) is 33.5 Å². The maximum atomic E-state index is 13.2. The Labute approximate surface area is 203 Å². The zero-order valence-corrected chi connectivity index (χ0v) is 19.7. The number of ether oxygens (including phenoxy) is 1. The molecule has 0 saturated carbocycles. The first-order valence-corrected chi connectivity index (χ1v) is 11.9. The molecule has 3 aromatic rings. The van der Waals surface area contributed by atoms with E-state index in [1.54, 1.807) is 32.7 Å². The minimum Gasteiger partial charge on any atom is -0.492 e. The Morgan fingerprint density at radius 3 is 2.49 bits per heavy atom. The number of fused-ring (bicyclic) bond motifs is 1. The number of amides is 2. The van der Waals surface area contributed by atoms with Crippen LogP contribution < -0.4 is 9.64 Å². The van der Waals surface area contributed by atoms with E-state index in [0.717, 1.165) is 17.0 Å². The van der Waals surface area contributed by atoms with E-state index in [4.69, 9.17) is 4.74 Å². The van der Waals surface area contributed by atoms with E-state index in [0.29, 0.717) is 63.8 Å². The normalized spacial score (nSPS) is 15.8. The van der Waals surface area contributed by atoms with Crippen LogP contribution in [0.5, 0.6) is 5.75 Å². The lowest BCUT2D eigenvalue weighted by Gasteiger charge is -2.36. The minimum atomic E-state index is -0.306. The van der Waals surface area contributed by atoms with Crippen LogP contribution in [-0.4, -0.2) is 70.7 Å². The topological polar surface area (TPSA) is 70.9 Å². The van der Waals surface area contributed by atoms with Gasteiger partial charge in [-0.25, -0.2) is 4.39 Å². The summed E-state index contributed by atoms with van der Waals surface area (Å²) in [5.41, 5.74) is 2.59. The summed E-state index contributed by atoms with van der Waals surface area (Å²) in [6.45, 7) is 6.44. The van der Waals surface area contributed by atoms with Crippen molar-refractivity contribution in [2.45, 2.75) is 20.0 Å². The van der Waals surface area contributed by atoms with Crippen LogP contribution in [0.3, 0.4) is 0 Å². The summed E-state index contributed by atoms with van der Waals surface area (Å²) in [6, 6.07) is 15.7. The molecule has 1 aromatic heterocycles. The highest BCUT2D eigenvalue weighted by molar-refractivity contribution is 5.98. The van der Waals surface area contributed by atoms with Crippen molar-refractivity contribution < 1.29 is 18.7 Å². The molecule has 0 atom stereocenters. The Bertz CT molecular complexity index is 1220. The Balaban J connectivity index is 1.24. The summed E-state index contributed by atoms with van der Waals surface area (Å²) in [7, 11) is 0. The lowest BCUT2D eigenvalue weighted by molar-refractivity contribution is 0.0680. The molecule has 9 heteroatoms. The molecule has 0 radical (unpaired) electrons. The fraction of sp³-hybridized carbons (Fsp3) is 0.346. The predicted octanol–water partition coefficient (Wildman–Crippen LogP) is 3.04. The quantitative estimate of drug-likeness (QED) is 0.546. The van der Waals surface area contributed by atoms with Gasteiger partial charge in [-0.3, -0.25) is 14.3 Å². The smallest absolute Gasteiger partial charge is 0.274 e. The molecule has 1 saturated heterocycles. The lowest BCUT2D eigenvalue weighted by atomic mass is 10.2. The molecule has 35 heavy (non-hydrogen) atoms. The summed E-state index contributed by atoms with van der Waals surface area (Å²) in [5, 5.41) is 4.44. The van der Waals surface area contributed by atoms with Crippen LogP contribution in [0.15, 0.2) is 54.6 Å². The number of carbonyl (C=O) groups is 2. The average molecular weight is 478 g/mol. The number of hydrogen-bond donors (Lipinski definition) is 0. The van der Waals surface area contributed by atoms with Gasteiger partial charge in [0.15, 0.2) is 5.69 Å². The molecule has 8 nitrogen and oxygen atoms in total.